The number of amides is 7. The Morgan fingerprint density at radius 3 is 2.08 bits per heavy atom. The number of aromatic hydroxyl groups is 1. The minimum atomic E-state index is -1.35. The molecular formula is C51H75N13O10. The minimum Gasteiger partial charge on any atom is -0.508 e. The number of hydrogen-bond acceptors (Lipinski definition) is 12. The number of aliphatic carboxylic acids is 1. The smallest absolute Gasteiger partial charge is 0.326 e. The number of carbonyl (C=O) groups is 8. The van der Waals surface area contributed by atoms with Crippen molar-refractivity contribution in [1.29, 1.82) is 0 Å². The number of guanidine groups is 1. The van der Waals surface area contributed by atoms with Crippen LogP contribution in [0.15, 0.2) is 72.1 Å². The van der Waals surface area contributed by atoms with E-state index in [1.807, 2.05) is 37.3 Å². The first-order valence-electron chi connectivity index (χ1n) is 25.0. The number of aryl methyl sites for hydroxylation is 1. The van der Waals surface area contributed by atoms with E-state index in [1.54, 1.807) is 40.0 Å². The lowest BCUT2D eigenvalue weighted by Crippen LogP contribution is -2.62. The van der Waals surface area contributed by atoms with Gasteiger partial charge >= 0.3 is 5.97 Å². The maximum absolute atomic E-state index is 14.7. The Bertz CT molecular complexity index is 2360. The van der Waals surface area contributed by atoms with Crippen molar-refractivity contribution in [3.05, 3.63) is 83.9 Å². The molecule has 0 bridgehead atoms. The summed E-state index contributed by atoms with van der Waals surface area (Å²) in [5, 5.41) is 36.8. The van der Waals surface area contributed by atoms with E-state index in [4.69, 9.17) is 11.5 Å². The standard InChI is InChI=1S/C51H75N13O10/c1-7-31(4)43(47(70)60-38(26-34-27-55-29-57-34)48(71)64-24-12-16-39(64)49(72)63(6)40(50(73)74)22-19-32-13-9-8-10-14-32)62-45(68)37(25-33-17-20-35(65)21-18-33)59-46(69)42(30(2)3)61-44(67)36(58-41(66)28-54-5)15-11-23-56-51(52)53/h8-10,13-14,17-18,20-21,27,29-31,36-40,42-43,54,65H,7,11-12,15-16,19,22-26,28H2,1-6H3,(H,55,57)(H,58,66)(H,59,69)(H,60,70)(H,61,67)(H,62,68)(H,73,74)(H4,52,53,56)/t31-,36-,37-,38-,39-,40-,42-,43-/m0/s1. The lowest BCUT2D eigenvalue weighted by Gasteiger charge is -2.34. The van der Waals surface area contributed by atoms with Gasteiger partial charge in [-0.15, -0.1) is 0 Å². The predicted molar refractivity (Wildman–Crippen MR) is 276 cm³/mol. The number of likely N-dealkylation sites (N-methyl/N-ethyl adjacent to an activating group) is 2. The molecule has 0 unspecified atom stereocenters. The molecular weight excluding hydrogens is 955 g/mol. The van der Waals surface area contributed by atoms with Crippen LogP contribution in [0.4, 0.5) is 0 Å². The zero-order chi connectivity index (χ0) is 54.5. The second-order valence-corrected chi connectivity index (χ2v) is 19.0. The number of nitrogens with one attached hydrogen (secondary N) is 7. The first-order chi connectivity index (χ1) is 35.2. The van der Waals surface area contributed by atoms with E-state index >= 15 is 0 Å². The van der Waals surface area contributed by atoms with Crippen molar-refractivity contribution in [2.45, 2.75) is 128 Å². The molecule has 404 valence electrons. The number of H-pyrrole nitrogens is 1. The molecule has 23 nitrogen and oxygen atoms in total. The fourth-order valence-corrected chi connectivity index (χ4v) is 8.65. The van der Waals surface area contributed by atoms with Crippen molar-refractivity contribution < 1.29 is 48.6 Å². The molecule has 2 aromatic carbocycles. The summed E-state index contributed by atoms with van der Waals surface area (Å²) < 4.78 is 0. The van der Waals surface area contributed by atoms with E-state index in [1.165, 1.54) is 41.5 Å². The van der Waals surface area contributed by atoms with Crippen molar-refractivity contribution in [2.24, 2.45) is 28.3 Å². The highest BCUT2D eigenvalue weighted by Gasteiger charge is 2.42. The highest BCUT2D eigenvalue weighted by atomic mass is 16.4. The normalized spacial score (nSPS) is 16.0. The van der Waals surface area contributed by atoms with Crippen LogP contribution >= 0.6 is 0 Å². The number of aromatic amines is 1. The molecule has 1 aromatic heterocycles. The first-order valence-corrected chi connectivity index (χ1v) is 25.0. The van der Waals surface area contributed by atoms with Crippen molar-refractivity contribution in [2.75, 3.05) is 33.7 Å². The summed E-state index contributed by atoms with van der Waals surface area (Å²) in [6.45, 7) is 7.18. The van der Waals surface area contributed by atoms with E-state index in [0.717, 1.165) is 5.56 Å². The molecule has 4 rings (SSSR count). The number of carboxylic acids is 1. The summed E-state index contributed by atoms with van der Waals surface area (Å²) in [5.41, 5.74) is 12.8. The Morgan fingerprint density at radius 2 is 1.47 bits per heavy atom. The van der Waals surface area contributed by atoms with Crippen LogP contribution in [-0.4, -0.2) is 159 Å². The van der Waals surface area contributed by atoms with E-state index in [-0.39, 0.29) is 63.4 Å². The third-order valence-electron chi connectivity index (χ3n) is 13.0. The summed E-state index contributed by atoms with van der Waals surface area (Å²) in [7, 11) is 2.98. The molecule has 2 heterocycles. The fraction of sp³-hybridized carbons (Fsp3) is 0.529. The average molecular weight is 1030 g/mol. The Kier molecular flexibility index (Phi) is 23.3. The van der Waals surface area contributed by atoms with E-state index < -0.39 is 101 Å². The first kappa shape index (κ1) is 59.0. The summed E-state index contributed by atoms with van der Waals surface area (Å²) in [6.07, 6.45) is 4.78. The molecule has 1 saturated heterocycles. The zero-order valence-corrected chi connectivity index (χ0v) is 43.1. The Hall–Kier alpha value is -7.56. The molecule has 0 aliphatic carbocycles. The Labute approximate surface area is 431 Å². The number of likely N-dealkylation sites (tertiary alicyclic amines) is 1. The summed E-state index contributed by atoms with van der Waals surface area (Å²) in [5.74, 6) is -6.96. The van der Waals surface area contributed by atoms with Crippen molar-refractivity contribution in [3.63, 3.8) is 0 Å². The van der Waals surface area contributed by atoms with E-state index in [9.17, 15) is 48.6 Å². The molecule has 8 atom stereocenters. The van der Waals surface area contributed by atoms with Gasteiger partial charge < -0.3 is 68.4 Å². The molecule has 3 aromatic rings. The third kappa shape index (κ3) is 17.9. The molecule has 1 aliphatic heterocycles. The van der Waals surface area contributed by atoms with Gasteiger partial charge in [0.05, 0.1) is 12.9 Å². The molecule has 0 spiro atoms. The van der Waals surface area contributed by atoms with Gasteiger partial charge in [-0.1, -0.05) is 76.6 Å². The van der Waals surface area contributed by atoms with Gasteiger partial charge in [-0.3, -0.25) is 38.6 Å². The second kappa shape index (κ2) is 29.2. The molecule has 7 amide bonds. The highest BCUT2D eigenvalue weighted by Crippen LogP contribution is 2.24. The molecule has 0 radical (unpaired) electrons. The highest BCUT2D eigenvalue weighted by molar-refractivity contribution is 5.98. The Balaban J connectivity index is 1.59. The molecule has 23 heteroatoms. The van der Waals surface area contributed by atoms with Crippen molar-refractivity contribution >= 4 is 53.3 Å². The number of phenolic OH excluding ortho intramolecular Hbond substituents is 1. The maximum atomic E-state index is 14.7. The average Bonchev–Trinajstić information content (AvgIpc) is 4.08. The maximum Gasteiger partial charge on any atom is 0.326 e. The molecule has 0 saturated carbocycles. The second-order valence-electron chi connectivity index (χ2n) is 19.0. The SMILES string of the molecule is CC[C@H](C)[C@H](NC(=O)[C@H](Cc1ccc(O)cc1)NC(=O)[C@@H](NC(=O)[C@H](CCCN=C(N)N)NC(=O)CNC)C(C)C)C(=O)N[C@@H](Cc1cnc[nH]1)C(=O)N1CCC[C@H]1C(=O)N(C)[C@@H](CCc1ccccc1)C(=O)O. The zero-order valence-electron chi connectivity index (χ0n) is 43.1. The van der Waals surface area contributed by atoms with Gasteiger partial charge in [-0.25, -0.2) is 9.78 Å². The number of rotatable bonds is 29. The van der Waals surface area contributed by atoms with Gasteiger partial charge in [0.1, 0.15) is 48.0 Å². The van der Waals surface area contributed by atoms with Crippen LogP contribution < -0.4 is 43.4 Å². The fourth-order valence-electron chi connectivity index (χ4n) is 8.65. The minimum absolute atomic E-state index is 0.0382. The van der Waals surface area contributed by atoms with Gasteiger partial charge in [-0.2, -0.15) is 0 Å². The van der Waals surface area contributed by atoms with E-state index in [2.05, 4.69) is 46.9 Å². The quantitative estimate of drug-likeness (QED) is 0.0245. The van der Waals surface area contributed by atoms with Gasteiger partial charge in [0.2, 0.25) is 41.4 Å². The van der Waals surface area contributed by atoms with Gasteiger partial charge in [0.25, 0.3) is 0 Å². The number of aliphatic imine (C=N–C) groups is 1. The lowest BCUT2D eigenvalue weighted by molar-refractivity contribution is -0.153. The number of aromatic nitrogens is 2. The summed E-state index contributed by atoms with van der Waals surface area (Å²) >= 11 is 0. The largest absolute Gasteiger partial charge is 0.508 e. The van der Waals surface area contributed by atoms with E-state index in [0.29, 0.717) is 36.9 Å². The summed E-state index contributed by atoms with van der Waals surface area (Å²) in [6, 6.07) is 6.88. The van der Waals surface area contributed by atoms with Crippen LogP contribution in [0, 0.1) is 11.8 Å². The topological polar surface area (TPSA) is 349 Å². The van der Waals surface area contributed by atoms with Crippen LogP contribution in [0.3, 0.4) is 0 Å². The number of phenols is 1. The number of carboxylic acid groups (broad SMARTS) is 1. The number of carbonyl (C=O) groups excluding carboxylic acids is 7. The van der Waals surface area contributed by atoms with Crippen LogP contribution in [0.2, 0.25) is 0 Å². The van der Waals surface area contributed by atoms with Crippen molar-refractivity contribution in [1.82, 2.24) is 51.7 Å². The number of nitrogens with two attached hydrogens (primary N) is 2. The number of imidazole rings is 1. The van der Waals surface area contributed by atoms with Crippen LogP contribution in [0.5, 0.6) is 5.75 Å². The van der Waals surface area contributed by atoms with Gasteiger partial charge in [0, 0.05) is 44.9 Å². The van der Waals surface area contributed by atoms with Crippen LogP contribution in [-0.2, 0) is 57.6 Å². The van der Waals surface area contributed by atoms with Crippen LogP contribution in [0.1, 0.15) is 83.0 Å². The van der Waals surface area contributed by atoms with Gasteiger partial charge in [0.15, 0.2) is 5.96 Å². The predicted octanol–water partition coefficient (Wildman–Crippen LogP) is -0.165. The van der Waals surface area contributed by atoms with Crippen molar-refractivity contribution in [3.8, 4) is 5.75 Å². The lowest BCUT2D eigenvalue weighted by atomic mass is 9.96. The Morgan fingerprint density at radius 1 is 0.824 bits per heavy atom. The molecule has 1 aliphatic rings. The number of hydrogen-bond donors (Lipinski definition) is 11. The summed E-state index contributed by atoms with van der Waals surface area (Å²) in [4.78, 5) is 125. The number of nitrogens with zero attached hydrogens (tertiary/aromatic N) is 4. The molecule has 13 N–H and O–H groups in total. The molecule has 1 fully saturated rings. The van der Waals surface area contributed by atoms with Crippen LogP contribution in [0.25, 0.3) is 0 Å². The van der Waals surface area contributed by atoms with Gasteiger partial charge in [-0.05, 0) is 80.7 Å². The third-order valence-corrected chi connectivity index (χ3v) is 13.0. The number of benzene rings is 2. The molecule has 74 heavy (non-hydrogen) atoms. The monoisotopic (exact) mass is 1030 g/mol.